The van der Waals surface area contributed by atoms with E-state index in [0.29, 0.717) is 12.6 Å². The van der Waals surface area contributed by atoms with Crippen LogP contribution in [0.25, 0.3) is 0 Å². The van der Waals surface area contributed by atoms with Crippen molar-refractivity contribution in [1.29, 1.82) is 0 Å². The summed E-state index contributed by atoms with van der Waals surface area (Å²) >= 11 is 0. The molecule has 1 amide bonds. The van der Waals surface area contributed by atoms with Gasteiger partial charge in [-0.25, -0.2) is 9.67 Å². The van der Waals surface area contributed by atoms with Gasteiger partial charge in [0.1, 0.15) is 12.9 Å². The number of amides is 1. The predicted octanol–water partition coefficient (Wildman–Crippen LogP) is -0.293. The molecule has 0 spiro atoms. The highest BCUT2D eigenvalue weighted by Crippen LogP contribution is 1.94. The van der Waals surface area contributed by atoms with E-state index in [1.807, 2.05) is 0 Å². The van der Waals surface area contributed by atoms with Gasteiger partial charge in [-0.15, -0.1) is 5.10 Å². The first kappa shape index (κ1) is 14.4. The van der Waals surface area contributed by atoms with Gasteiger partial charge >= 0.3 is 0 Å². The molecule has 0 bridgehead atoms. The van der Waals surface area contributed by atoms with Gasteiger partial charge in [-0.3, -0.25) is 4.79 Å². The average molecular weight is 254 g/mol. The first-order valence-electron chi connectivity index (χ1n) is 6.11. The SMILES string of the molecule is CC(C)N(C)CCCNC(=O)Cn1cnc(N)n1. The van der Waals surface area contributed by atoms with Crippen LogP contribution in [0.4, 0.5) is 5.95 Å². The Labute approximate surface area is 107 Å². The van der Waals surface area contributed by atoms with E-state index >= 15 is 0 Å². The Balaban J connectivity index is 2.14. The number of rotatable bonds is 7. The molecule has 0 aliphatic rings. The fourth-order valence-corrected chi connectivity index (χ4v) is 1.40. The molecule has 18 heavy (non-hydrogen) atoms. The second-order valence-electron chi connectivity index (χ2n) is 4.58. The van der Waals surface area contributed by atoms with Crippen molar-refractivity contribution in [2.45, 2.75) is 32.9 Å². The molecule has 7 heteroatoms. The molecule has 1 heterocycles. The molecular formula is C11H22N6O. The molecule has 0 atom stereocenters. The van der Waals surface area contributed by atoms with Crippen LogP contribution in [0.2, 0.25) is 0 Å². The standard InChI is InChI=1S/C11H22N6O/c1-9(2)16(3)6-4-5-13-10(18)7-17-8-14-11(12)15-17/h8-9H,4-7H2,1-3H3,(H2,12,15)(H,13,18). The maximum absolute atomic E-state index is 11.5. The lowest BCUT2D eigenvalue weighted by molar-refractivity contribution is -0.121. The number of carbonyl (C=O) groups is 1. The van der Waals surface area contributed by atoms with E-state index in [0.717, 1.165) is 13.0 Å². The summed E-state index contributed by atoms with van der Waals surface area (Å²) in [5.74, 6) is 0.105. The number of hydrogen-bond acceptors (Lipinski definition) is 5. The Kier molecular flexibility index (Phi) is 5.57. The molecule has 0 radical (unpaired) electrons. The van der Waals surface area contributed by atoms with Gasteiger partial charge in [0.25, 0.3) is 0 Å². The summed E-state index contributed by atoms with van der Waals surface area (Å²) in [5, 5.41) is 6.68. The van der Waals surface area contributed by atoms with E-state index in [4.69, 9.17) is 5.73 Å². The molecule has 1 aromatic heterocycles. The first-order chi connectivity index (χ1) is 8.49. The molecule has 7 nitrogen and oxygen atoms in total. The van der Waals surface area contributed by atoms with Gasteiger partial charge < -0.3 is 16.0 Å². The van der Waals surface area contributed by atoms with Crippen molar-refractivity contribution in [3.05, 3.63) is 6.33 Å². The van der Waals surface area contributed by atoms with E-state index in [9.17, 15) is 4.79 Å². The zero-order valence-electron chi connectivity index (χ0n) is 11.3. The first-order valence-corrected chi connectivity index (χ1v) is 6.11. The lowest BCUT2D eigenvalue weighted by atomic mass is 10.3. The molecule has 0 aromatic carbocycles. The summed E-state index contributed by atoms with van der Waals surface area (Å²) in [6, 6.07) is 0.527. The number of nitrogens with two attached hydrogens (primary N) is 1. The molecule has 0 aliphatic heterocycles. The maximum Gasteiger partial charge on any atom is 0.241 e. The summed E-state index contributed by atoms with van der Waals surface area (Å²) < 4.78 is 1.42. The highest BCUT2D eigenvalue weighted by Gasteiger charge is 2.05. The lowest BCUT2D eigenvalue weighted by Gasteiger charge is -2.20. The normalized spacial score (nSPS) is 11.2. The number of aromatic nitrogens is 3. The third kappa shape index (κ3) is 5.13. The summed E-state index contributed by atoms with van der Waals surface area (Å²) in [4.78, 5) is 17.5. The van der Waals surface area contributed by atoms with E-state index in [2.05, 4.69) is 41.2 Å². The molecule has 0 saturated carbocycles. The number of nitrogen functional groups attached to an aromatic ring is 1. The molecule has 0 unspecified atom stereocenters. The Morgan fingerprint density at radius 3 is 2.89 bits per heavy atom. The van der Waals surface area contributed by atoms with E-state index in [1.54, 1.807) is 0 Å². The van der Waals surface area contributed by atoms with Gasteiger partial charge in [-0.1, -0.05) is 0 Å². The van der Waals surface area contributed by atoms with Crippen molar-refractivity contribution < 1.29 is 4.79 Å². The van der Waals surface area contributed by atoms with Crippen LogP contribution < -0.4 is 11.1 Å². The van der Waals surface area contributed by atoms with Crippen LogP contribution in [0.1, 0.15) is 20.3 Å². The van der Waals surface area contributed by atoms with Crippen LogP contribution in [0, 0.1) is 0 Å². The van der Waals surface area contributed by atoms with Crippen LogP contribution in [0.3, 0.4) is 0 Å². The van der Waals surface area contributed by atoms with Crippen molar-refractivity contribution in [3.8, 4) is 0 Å². The molecule has 102 valence electrons. The molecule has 1 rings (SSSR count). The third-order valence-electron chi connectivity index (χ3n) is 2.75. The van der Waals surface area contributed by atoms with Gasteiger partial charge in [0, 0.05) is 12.6 Å². The van der Waals surface area contributed by atoms with Gasteiger partial charge in [-0.05, 0) is 33.9 Å². The Morgan fingerprint density at radius 1 is 1.61 bits per heavy atom. The number of carbonyl (C=O) groups excluding carboxylic acids is 1. The van der Waals surface area contributed by atoms with Crippen molar-refractivity contribution in [3.63, 3.8) is 0 Å². The number of nitrogens with one attached hydrogen (secondary N) is 1. The predicted molar refractivity (Wildman–Crippen MR) is 69.8 cm³/mol. The molecule has 0 aliphatic carbocycles. The molecule has 0 saturated heterocycles. The third-order valence-corrected chi connectivity index (χ3v) is 2.75. The number of hydrogen-bond donors (Lipinski definition) is 2. The smallest absolute Gasteiger partial charge is 0.241 e. The van der Waals surface area contributed by atoms with Crippen molar-refractivity contribution in [2.75, 3.05) is 25.9 Å². The van der Waals surface area contributed by atoms with Gasteiger partial charge in [0.05, 0.1) is 0 Å². The summed E-state index contributed by atoms with van der Waals surface area (Å²) in [5.41, 5.74) is 5.36. The Bertz CT molecular complexity index is 375. The van der Waals surface area contributed by atoms with Gasteiger partial charge in [0.15, 0.2) is 0 Å². The minimum Gasteiger partial charge on any atom is -0.367 e. The van der Waals surface area contributed by atoms with E-state index < -0.39 is 0 Å². The molecule has 0 fully saturated rings. The van der Waals surface area contributed by atoms with Gasteiger partial charge in [0.2, 0.25) is 11.9 Å². The number of anilines is 1. The summed E-state index contributed by atoms with van der Waals surface area (Å²) in [6.45, 7) is 6.08. The van der Waals surface area contributed by atoms with Crippen LogP contribution in [-0.4, -0.2) is 51.8 Å². The zero-order chi connectivity index (χ0) is 13.5. The van der Waals surface area contributed by atoms with Crippen molar-refractivity contribution in [2.24, 2.45) is 0 Å². The highest BCUT2D eigenvalue weighted by molar-refractivity contribution is 5.75. The van der Waals surface area contributed by atoms with Gasteiger partial charge in [-0.2, -0.15) is 0 Å². The zero-order valence-corrected chi connectivity index (χ0v) is 11.3. The average Bonchev–Trinajstić information content (AvgIpc) is 2.69. The lowest BCUT2D eigenvalue weighted by Crippen LogP contribution is -2.32. The fraction of sp³-hybridized carbons (Fsp3) is 0.727. The molecular weight excluding hydrogens is 232 g/mol. The fourth-order valence-electron chi connectivity index (χ4n) is 1.40. The second kappa shape index (κ2) is 6.95. The van der Waals surface area contributed by atoms with Crippen molar-refractivity contribution in [1.82, 2.24) is 25.0 Å². The topological polar surface area (TPSA) is 89.1 Å². The van der Waals surface area contributed by atoms with Crippen LogP contribution >= 0.6 is 0 Å². The van der Waals surface area contributed by atoms with Crippen LogP contribution in [0.5, 0.6) is 0 Å². The Hall–Kier alpha value is -1.63. The second-order valence-corrected chi connectivity index (χ2v) is 4.58. The van der Waals surface area contributed by atoms with E-state index in [1.165, 1.54) is 11.0 Å². The maximum atomic E-state index is 11.5. The highest BCUT2D eigenvalue weighted by atomic mass is 16.2. The Morgan fingerprint density at radius 2 is 2.33 bits per heavy atom. The summed E-state index contributed by atoms with van der Waals surface area (Å²) in [6.07, 6.45) is 2.38. The number of nitrogens with zero attached hydrogens (tertiary/aromatic N) is 4. The minimum absolute atomic E-state index is 0.0768. The monoisotopic (exact) mass is 254 g/mol. The minimum atomic E-state index is -0.0768. The van der Waals surface area contributed by atoms with Crippen molar-refractivity contribution >= 4 is 11.9 Å². The largest absolute Gasteiger partial charge is 0.367 e. The quantitative estimate of drug-likeness (QED) is 0.653. The molecule has 3 N–H and O–H groups in total. The summed E-state index contributed by atoms with van der Waals surface area (Å²) in [7, 11) is 2.07. The van der Waals surface area contributed by atoms with Crippen LogP contribution in [0.15, 0.2) is 6.33 Å². The molecule has 1 aromatic rings. The van der Waals surface area contributed by atoms with E-state index in [-0.39, 0.29) is 18.4 Å². The van der Waals surface area contributed by atoms with Crippen LogP contribution in [-0.2, 0) is 11.3 Å².